The van der Waals surface area contributed by atoms with Crippen LogP contribution < -0.4 is 15.2 Å². The van der Waals surface area contributed by atoms with Crippen molar-refractivity contribution in [1.29, 1.82) is 0 Å². The molecule has 3 rings (SSSR count). The highest BCUT2D eigenvalue weighted by Gasteiger charge is 2.17. The molecular formula is C21H22N2O3. The molecule has 0 unspecified atom stereocenters. The molecule has 0 spiro atoms. The second kappa shape index (κ2) is 7.35. The van der Waals surface area contributed by atoms with Crippen LogP contribution in [0.25, 0.3) is 11.3 Å². The molecule has 1 heterocycles. The summed E-state index contributed by atoms with van der Waals surface area (Å²) in [4.78, 5) is 11.8. The number of ether oxygens (including phenoxy) is 2. The van der Waals surface area contributed by atoms with Gasteiger partial charge < -0.3 is 19.8 Å². The Morgan fingerprint density at radius 2 is 1.69 bits per heavy atom. The van der Waals surface area contributed by atoms with E-state index in [1.54, 1.807) is 14.2 Å². The molecule has 1 aromatic heterocycles. The number of primary amides is 1. The van der Waals surface area contributed by atoms with Gasteiger partial charge in [0.15, 0.2) is 11.5 Å². The smallest absolute Gasteiger partial charge is 0.250 e. The number of carbonyl (C=O) groups excluding carboxylic acids is 1. The van der Waals surface area contributed by atoms with E-state index in [9.17, 15) is 4.79 Å². The summed E-state index contributed by atoms with van der Waals surface area (Å²) in [6.45, 7) is 2.50. The molecular weight excluding hydrogens is 328 g/mol. The lowest BCUT2D eigenvalue weighted by Gasteiger charge is -2.14. The summed E-state index contributed by atoms with van der Waals surface area (Å²) in [5, 5.41) is 0. The van der Waals surface area contributed by atoms with Gasteiger partial charge in [-0.1, -0.05) is 36.4 Å². The first-order chi connectivity index (χ1) is 12.5. The highest BCUT2D eigenvalue weighted by Crippen LogP contribution is 2.30. The molecule has 3 aromatic rings. The Kier molecular flexibility index (Phi) is 4.98. The van der Waals surface area contributed by atoms with E-state index >= 15 is 0 Å². The van der Waals surface area contributed by atoms with Crippen LogP contribution in [0.1, 0.15) is 21.6 Å². The number of benzene rings is 2. The average molecular weight is 350 g/mol. The molecule has 0 bridgehead atoms. The predicted octanol–water partition coefficient (Wildman–Crippen LogP) is 3.63. The minimum atomic E-state index is -0.425. The monoisotopic (exact) mass is 350 g/mol. The molecule has 1 amide bonds. The third kappa shape index (κ3) is 3.28. The molecule has 0 aliphatic carbocycles. The van der Waals surface area contributed by atoms with E-state index in [-0.39, 0.29) is 0 Å². The molecule has 2 N–H and O–H groups in total. The van der Waals surface area contributed by atoms with Crippen molar-refractivity contribution in [3.8, 4) is 22.8 Å². The zero-order valence-corrected chi connectivity index (χ0v) is 15.2. The van der Waals surface area contributed by atoms with Crippen molar-refractivity contribution in [3.63, 3.8) is 0 Å². The van der Waals surface area contributed by atoms with E-state index in [4.69, 9.17) is 15.2 Å². The van der Waals surface area contributed by atoms with Crippen LogP contribution in [0.2, 0.25) is 0 Å². The summed E-state index contributed by atoms with van der Waals surface area (Å²) < 4.78 is 12.8. The van der Waals surface area contributed by atoms with Crippen molar-refractivity contribution in [1.82, 2.24) is 4.57 Å². The van der Waals surface area contributed by atoms with E-state index < -0.39 is 5.91 Å². The number of nitrogens with two attached hydrogens (primary N) is 1. The number of methoxy groups -OCH3 is 2. The maximum atomic E-state index is 11.8. The van der Waals surface area contributed by atoms with E-state index in [1.165, 1.54) is 0 Å². The number of amides is 1. The Bertz CT molecular complexity index is 930. The number of carbonyl (C=O) groups is 1. The molecule has 0 aliphatic heterocycles. The molecule has 0 aliphatic rings. The number of hydrogen-bond donors (Lipinski definition) is 1. The van der Waals surface area contributed by atoms with Crippen LogP contribution in [0.3, 0.4) is 0 Å². The molecule has 2 aromatic carbocycles. The Balaban J connectivity index is 2.08. The molecule has 0 atom stereocenters. The van der Waals surface area contributed by atoms with Crippen LogP contribution in [0.15, 0.2) is 54.6 Å². The number of rotatable bonds is 6. The van der Waals surface area contributed by atoms with Gasteiger partial charge >= 0.3 is 0 Å². The normalized spacial score (nSPS) is 10.6. The van der Waals surface area contributed by atoms with Crippen molar-refractivity contribution < 1.29 is 14.3 Å². The minimum absolute atomic E-state index is 0.425. The fraction of sp³-hybridized carbons (Fsp3) is 0.190. The largest absolute Gasteiger partial charge is 0.493 e. The first-order valence-corrected chi connectivity index (χ1v) is 8.31. The maximum Gasteiger partial charge on any atom is 0.250 e. The van der Waals surface area contributed by atoms with Crippen molar-refractivity contribution >= 4 is 5.91 Å². The third-order valence-corrected chi connectivity index (χ3v) is 4.49. The summed E-state index contributed by atoms with van der Waals surface area (Å²) in [7, 11) is 3.23. The van der Waals surface area contributed by atoms with Crippen LogP contribution in [0, 0.1) is 6.92 Å². The molecule has 26 heavy (non-hydrogen) atoms. The molecule has 5 nitrogen and oxygen atoms in total. The number of nitrogens with zero attached hydrogens (tertiary/aromatic N) is 1. The van der Waals surface area contributed by atoms with Gasteiger partial charge in [0, 0.05) is 17.9 Å². The van der Waals surface area contributed by atoms with Gasteiger partial charge in [0.1, 0.15) is 0 Å². The van der Waals surface area contributed by atoms with E-state index in [0.717, 1.165) is 22.5 Å². The van der Waals surface area contributed by atoms with Crippen molar-refractivity contribution in [2.75, 3.05) is 14.2 Å². The minimum Gasteiger partial charge on any atom is -0.493 e. The Morgan fingerprint density at radius 3 is 2.31 bits per heavy atom. The predicted molar refractivity (Wildman–Crippen MR) is 102 cm³/mol. The van der Waals surface area contributed by atoms with Gasteiger partial charge in [0.25, 0.3) is 5.91 Å². The van der Waals surface area contributed by atoms with Gasteiger partial charge in [0.05, 0.1) is 19.8 Å². The zero-order valence-electron chi connectivity index (χ0n) is 15.2. The summed E-state index contributed by atoms with van der Waals surface area (Å²) in [6, 6.07) is 17.6. The molecule has 0 radical (unpaired) electrons. The van der Waals surface area contributed by atoms with Crippen molar-refractivity contribution in [2.24, 2.45) is 5.73 Å². The van der Waals surface area contributed by atoms with Gasteiger partial charge in [-0.15, -0.1) is 0 Å². The number of aromatic nitrogens is 1. The van der Waals surface area contributed by atoms with Crippen molar-refractivity contribution in [2.45, 2.75) is 13.5 Å². The molecule has 134 valence electrons. The Labute approximate surface area is 153 Å². The number of hydrogen-bond acceptors (Lipinski definition) is 3. The van der Waals surface area contributed by atoms with Crippen molar-refractivity contribution in [3.05, 3.63) is 71.4 Å². The summed E-state index contributed by atoms with van der Waals surface area (Å²) in [5.74, 6) is 0.929. The first-order valence-electron chi connectivity index (χ1n) is 8.31. The fourth-order valence-corrected chi connectivity index (χ4v) is 3.11. The van der Waals surface area contributed by atoms with Gasteiger partial charge in [-0.25, -0.2) is 0 Å². The summed E-state index contributed by atoms with van der Waals surface area (Å²) in [5.41, 5.74) is 9.95. The average Bonchev–Trinajstić information content (AvgIpc) is 2.99. The second-order valence-electron chi connectivity index (χ2n) is 6.03. The Morgan fingerprint density at radius 1 is 1.00 bits per heavy atom. The first kappa shape index (κ1) is 17.6. The van der Waals surface area contributed by atoms with E-state index in [2.05, 4.69) is 4.57 Å². The van der Waals surface area contributed by atoms with Gasteiger partial charge in [-0.2, -0.15) is 0 Å². The Hall–Kier alpha value is -3.21. The lowest BCUT2D eigenvalue weighted by molar-refractivity contribution is 0.0999. The quantitative estimate of drug-likeness (QED) is 0.738. The molecule has 0 saturated heterocycles. The highest BCUT2D eigenvalue weighted by atomic mass is 16.5. The molecule has 0 fully saturated rings. The van der Waals surface area contributed by atoms with E-state index in [0.29, 0.717) is 23.6 Å². The lowest BCUT2D eigenvalue weighted by Crippen LogP contribution is -2.12. The van der Waals surface area contributed by atoms with Crippen LogP contribution in [0.5, 0.6) is 11.5 Å². The van der Waals surface area contributed by atoms with Crippen LogP contribution in [-0.2, 0) is 6.54 Å². The van der Waals surface area contributed by atoms with Gasteiger partial charge in [-0.05, 0) is 36.2 Å². The summed E-state index contributed by atoms with van der Waals surface area (Å²) in [6.07, 6.45) is 0. The zero-order chi connectivity index (χ0) is 18.7. The fourth-order valence-electron chi connectivity index (χ4n) is 3.11. The van der Waals surface area contributed by atoms with Crippen LogP contribution >= 0.6 is 0 Å². The van der Waals surface area contributed by atoms with E-state index in [1.807, 2.05) is 61.5 Å². The summed E-state index contributed by atoms with van der Waals surface area (Å²) >= 11 is 0. The second-order valence-corrected chi connectivity index (χ2v) is 6.03. The van der Waals surface area contributed by atoms with Crippen LogP contribution in [-0.4, -0.2) is 24.7 Å². The lowest BCUT2D eigenvalue weighted by atomic mass is 10.1. The highest BCUT2D eigenvalue weighted by molar-refractivity contribution is 5.95. The van der Waals surface area contributed by atoms with Crippen LogP contribution in [0.4, 0.5) is 0 Å². The SMILES string of the molecule is COc1ccc(Cn2c(-c3ccccc3)cc(C(N)=O)c2C)cc1OC. The van der Waals surface area contributed by atoms with Gasteiger partial charge in [0.2, 0.25) is 0 Å². The molecule has 0 saturated carbocycles. The molecule has 5 heteroatoms. The third-order valence-electron chi connectivity index (χ3n) is 4.49. The van der Waals surface area contributed by atoms with Gasteiger partial charge in [-0.3, -0.25) is 4.79 Å². The topological polar surface area (TPSA) is 66.5 Å². The standard InChI is InChI=1S/C21H22N2O3/c1-14-17(21(22)24)12-18(16-7-5-4-6-8-16)23(14)13-15-9-10-19(25-2)20(11-15)26-3/h4-12H,13H2,1-3H3,(H2,22,24). The maximum absolute atomic E-state index is 11.8.